The Kier molecular flexibility index (Phi) is 2.82. The second-order valence-corrected chi connectivity index (χ2v) is 3.23. The fourth-order valence-corrected chi connectivity index (χ4v) is 1.28. The van der Waals surface area contributed by atoms with Crippen molar-refractivity contribution < 1.29 is 9.72 Å². The van der Waals surface area contributed by atoms with Crippen LogP contribution >= 0.6 is 0 Å². The Morgan fingerprint density at radius 1 is 1.41 bits per heavy atom. The van der Waals surface area contributed by atoms with Gasteiger partial charge in [0, 0.05) is 23.8 Å². The molecular weight excluding hydrogens is 224 g/mol. The Labute approximate surface area is 95.6 Å². The average Bonchev–Trinajstić information content (AvgIpc) is 2.82. The maximum atomic E-state index is 11.7. The Bertz CT molecular complexity index is 550. The Morgan fingerprint density at radius 3 is 2.88 bits per heavy atom. The van der Waals surface area contributed by atoms with Crippen LogP contribution < -0.4 is 5.32 Å². The molecular formula is C10H8N4O3. The molecule has 0 saturated carbocycles. The van der Waals surface area contributed by atoms with E-state index in [2.05, 4.69) is 15.5 Å². The first kappa shape index (κ1) is 10.8. The molecule has 1 heterocycles. The molecule has 0 aliphatic rings. The molecule has 7 heteroatoms. The fraction of sp³-hybridized carbons (Fsp3) is 0. The predicted octanol–water partition coefficient (Wildman–Crippen LogP) is 1.57. The molecule has 0 saturated heterocycles. The van der Waals surface area contributed by atoms with Crippen LogP contribution in [0.2, 0.25) is 0 Å². The van der Waals surface area contributed by atoms with Crippen LogP contribution in [-0.4, -0.2) is 21.0 Å². The maximum absolute atomic E-state index is 11.7. The Hall–Kier alpha value is -2.70. The van der Waals surface area contributed by atoms with Gasteiger partial charge in [-0.3, -0.25) is 20.0 Å². The number of carbonyl (C=O) groups excluding carboxylic acids is 1. The lowest BCUT2D eigenvalue weighted by Gasteiger charge is -2.01. The smallest absolute Gasteiger partial charge is 0.270 e. The van der Waals surface area contributed by atoms with E-state index in [0.717, 1.165) is 0 Å². The summed E-state index contributed by atoms with van der Waals surface area (Å²) in [5, 5.41) is 19.3. The van der Waals surface area contributed by atoms with E-state index in [1.807, 2.05) is 0 Å². The summed E-state index contributed by atoms with van der Waals surface area (Å²) in [4.78, 5) is 21.7. The van der Waals surface area contributed by atoms with E-state index in [1.54, 1.807) is 6.07 Å². The molecule has 7 nitrogen and oxygen atoms in total. The number of rotatable bonds is 3. The van der Waals surface area contributed by atoms with Gasteiger partial charge in [-0.25, -0.2) is 0 Å². The number of hydrogen-bond donors (Lipinski definition) is 2. The molecule has 0 unspecified atom stereocenters. The number of nitro groups is 1. The minimum atomic E-state index is -0.549. The van der Waals surface area contributed by atoms with Crippen molar-refractivity contribution in [3.8, 4) is 0 Å². The third-order valence-electron chi connectivity index (χ3n) is 2.07. The number of carbonyl (C=O) groups is 1. The van der Waals surface area contributed by atoms with Crippen molar-refractivity contribution >= 4 is 17.4 Å². The van der Waals surface area contributed by atoms with E-state index in [4.69, 9.17) is 0 Å². The zero-order valence-corrected chi connectivity index (χ0v) is 8.58. The number of nitrogens with one attached hydrogen (secondary N) is 2. The fourth-order valence-electron chi connectivity index (χ4n) is 1.28. The summed E-state index contributed by atoms with van der Waals surface area (Å²) in [6, 6.07) is 7.08. The van der Waals surface area contributed by atoms with E-state index >= 15 is 0 Å². The molecule has 1 amide bonds. The van der Waals surface area contributed by atoms with Crippen molar-refractivity contribution in [1.82, 2.24) is 10.2 Å². The largest absolute Gasteiger partial charge is 0.307 e. The van der Waals surface area contributed by atoms with E-state index < -0.39 is 10.8 Å². The van der Waals surface area contributed by atoms with Crippen LogP contribution in [0.25, 0.3) is 0 Å². The van der Waals surface area contributed by atoms with Crippen LogP contribution in [0.5, 0.6) is 0 Å². The van der Waals surface area contributed by atoms with Gasteiger partial charge >= 0.3 is 0 Å². The molecule has 2 aromatic rings. The summed E-state index contributed by atoms with van der Waals surface area (Å²) in [6.07, 6.45) is 1.49. The molecule has 0 aliphatic carbocycles. The van der Waals surface area contributed by atoms with Crippen LogP contribution in [-0.2, 0) is 0 Å². The number of nitro benzene ring substituents is 1. The summed E-state index contributed by atoms with van der Waals surface area (Å²) < 4.78 is 0. The molecule has 1 aromatic carbocycles. The molecule has 0 spiro atoms. The highest BCUT2D eigenvalue weighted by molar-refractivity contribution is 6.04. The zero-order chi connectivity index (χ0) is 12.3. The van der Waals surface area contributed by atoms with Crippen molar-refractivity contribution in [2.45, 2.75) is 0 Å². The van der Waals surface area contributed by atoms with Crippen LogP contribution in [0.3, 0.4) is 0 Å². The van der Waals surface area contributed by atoms with Crippen molar-refractivity contribution in [3.63, 3.8) is 0 Å². The quantitative estimate of drug-likeness (QED) is 0.619. The zero-order valence-electron chi connectivity index (χ0n) is 8.58. The summed E-state index contributed by atoms with van der Waals surface area (Å²) >= 11 is 0. The molecule has 0 fully saturated rings. The van der Waals surface area contributed by atoms with Crippen LogP contribution in [0, 0.1) is 10.1 Å². The molecule has 0 radical (unpaired) electrons. The van der Waals surface area contributed by atoms with Gasteiger partial charge in [-0.05, 0) is 6.07 Å². The van der Waals surface area contributed by atoms with Gasteiger partial charge in [-0.15, -0.1) is 0 Å². The lowest BCUT2D eigenvalue weighted by Crippen LogP contribution is -2.12. The molecule has 17 heavy (non-hydrogen) atoms. The predicted molar refractivity (Wildman–Crippen MR) is 59.6 cm³/mol. The van der Waals surface area contributed by atoms with Crippen LogP contribution in [0.4, 0.5) is 11.5 Å². The summed E-state index contributed by atoms with van der Waals surface area (Å²) in [5.74, 6) is -0.000504. The number of anilines is 1. The molecule has 1 aromatic heterocycles. The second-order valence-electron chi connectivity index (χ2n) is 3.23. The van der Waals surface area contributed by atoms with Gasteiger partial charge < -0.3 is 5.32 Å². The summed E-state index contributed by atoms with van der Waals surface area (Å²) in [7, 11) is 0. The average molecular weight is 232 g/mol. The normalized spacial score (nSPS) is 9.88. The summed E-state index contributed by atoms with van der Waals surface area (Å²) in [6.45, 7) is 0. The monoisotopic (exact) mass is 232 g/mol. The van der Waals surface area contributed by atoms with Crippen LogP contribution in [0.15, 0.2) is 36.5 Å². The lowest BCUT2D eigenvalue weighted by atomic mass is 10.2. The topological polar surface area (TPSA) is 101 Å². The molecule has 86 valence electrons. The summed E-state index contributed by atoms with van der Waals surface area (Å²) in [5.41, 5.74) is 0.0936. The van der Waals surface area contributed by atoms with Gasteiger partial charge in [0.25, 0.3) is 11.6 Å². The molecule has 0 atom stereocenters. The first-order valence-electron chi connectivity index (χ1n) is 4.72. The number of aromatic nitrogens is 2. The number of benzene rings is 1. The highest BCUT2D eigenvalue weighted by Gasteiger charge is 2.11. The van der Waals surface area contributed by atoms with Gasteiger partial charge in [-0.1, -0.05) is 6.07 Å². The van der Waals surface area contributed by atoms with E-state index in [0.29, 0.717) is 5.82 Å². The minimum Gasteiger partial charge on any atom is -0.307 e. The van der Waals surface area contributed by atoms with E-state index in [9.17, 15) is 14.9 Å². The van der Waals surface area contributed by atoms with Crippen molar-refractivity contribution in [3.05, 3.63) is 52.2 Å². The number of non-ortho nitro benzene ring substituents is 1. The molecule has 0 aliphatic heterocycles. The number of aromatic amines is 1. The standard InChI is InChI=1S/C10H8N4O3/c15-10(12-9-4-5-11-13-9)7-2-1-3-8(6-7)14(16)17/h1-6H,(H2,11,12,13,15). The van der Waals surface area contributed by atoms with Crippen molar-refractivity contribution in [1.29, 1.82) is 0 Å². The third-order valence-corrected chi connectivity index (χ3v) is 2.07. The van der Waals surface area contributed by atoms with Gasteiger partial charge in [0.2, 0.25) is 0 Å². The van der Waals surface area contributed by atoms with Gasteiger partial charge in [0.15, 0.2) is 0 Å². The first-order chi connectivity index (χ1) is 8.16. The Morgan fingerprint density at radius 2 is 2.24 bits per heavy atom. The lowest BCUT2D eigenvalue weighted by molar-refractivity contribution is -0.384. The van der Waals surface area contributed by atoms with Crippen molar-refractivity contribution in [2.75, 3.05) is 5.32 Å². The Balaban J connectivity index is 2.19. The van der Waals surface area contributed by atoms with Gasteiger partial charge in [-0.2, -0.15) is 5.10 Å². The highest BCUT2D eigenvalue weighted by atomic mass is 16.6. The highest BCUT2D eigenvalue weighted by Crippen LogP contribution is 2.14. The number of nitrogens with zero attached hydrogens (tertiary/aromatic N) is 2. The minimum absolute atomic E-state index is 0.123. The first-order valence-corrected chi connectivity index (χ1v) is 4.72. The molecule has 2 N–H and O–H groups in total. The molecule has 2 rings (SSSR count). The number of hydrogen-bond acceptors (Lipinski definition) is 4. The van der Waals surface area contributed by atoms with E-state index in [1.165, 1.54) is 30.5 Å². The van der Waals surface area contributed by atoms with Crippen LogP contribution in [0.1, 0.15) is 10.4 Å². The van der Waals surface area contributed by atoms with Gasteiger partial charge in [0.05, 0.1) is 11.1 Å². The maximum Gasteiger partial charge on any atom is 0.270 e. The van der Waals surface area contributed by atoms with Crippen molar-refractivity contribution in [2.24, 2.45) is 0 Å². The van der Waals surface area contributed by atoms with Gasteiger partial charge in [0.1, 0.15) is 5.82 Å². The molecule has 0 bridgehead atoms. The number of H-pyrrole nitrogens is 1. The SMILES string of the molecule is O=C(Nc1ccn[nH]1)c1cccc([N+](=O)[O-])c1. The third kappa shape index (κ3) is 2.46. The van der Waals surface area contributed by atoms with E-state index in [-0.39, 0.29) is 11.3 Å². The number of amides is 1. The second kappa shape index (κ2) is 4.44.